The zero-order chi connectivity index (χ0) is 28.4. The fraction of sp³-hybridized carbons (Fsp3) is 0.167. The molecule has 3 aromatic carbocycles. The van der Waals surface area contributed by atoms with Crippen LogP contribution in [0, 0.1) is 0 Å². The average molecular weight is 658 g/mol. The average Bonchev–Trinajstić information content (AvgIpc) is 3.23. The van der Waals surface area contributed by atoms with Crippen LogP contribution in [-0.4, -0.2) is 17.1 Å². The molecule has 0 spiro atoms. The summed E-state index contributed by atoms with van der Waals surface area (Å²) in [6, 6.07) is 19.5. The zero-order valence-electron chi connectivity index (χ0n) is 21.5. The Morgan fingerprint density at radius 1 is 1.12 bits per heavy atom. The number of hydrogen-bond acceptors (Lipinski definition) is 6. The van der Waals surface area contributed by atoms with Crippen molar-refractivity contribution in [2.45, 2.75) is 26.5 Å². The minimum atomic E-state index is -0.693. The Balaban J connectivity index is 1.53. The van der Waals surface area contributed by atoms with E-state index in [0.717, 1.165) is 21.2 Å². The van der Waals surface area contributed by atoms with Crippen LogP contribution < -0.4 is 19.6 Å². The molecular formula is C30H23BrCl2N2O4S. The number of allylic oxidation sites excluding steroid dienone is 1. The van der Waals surface area contributed by atoms with Gasteiger partial charge < -0.3 is 9.47 Å². The number of hydrogen-bond donors (Lipinski definition) is 0. The van der Waals surface area contributed by atoms with Crippen LogP contribution >= 0.6 is 50.5 Å². The first-order chi connectivity index (χ1) is 19.3. The molecule has 0 unspecified atom stereocenters. The molecule has 204 valence electrons. The number of carbonyl (C=O) groups excluding carboxylic acids is 1. The summed E-state index contributed by atoms with van der Waals surface area (Å²) in [5, 5.41) is 1.20. The number of halogens is 3. The van der Waals surface area contributed by atoms with Crippen LogP contribution in [0.25, 0.3) is 6.08 Å². The molecule has 0 radical (unpaired) electrons. The van der Waals surface area contributed by atoms with Crippen molar-refractivity contribution in [1.82, 2.24) is 4.57 Å². The van der Waals surface area contributed by atoms with Gasteiger partial charge in [-0.3, -0.25) is 9.36 Å². The summed E-state index contributed by atoms with van der Waals surface area (Å²) in [5.41, 5.74) is 2.99. The van der Waals surface area contributed by atoms with Gasteiger partial charge >= 0.3 is 5.97 Å². The van der Waals surface area contributed by atoms with Gasteiger partial charge in [0.05, 0.1) is 32.9 Å². The van der Waals surface area contributed by atoms with E-state index in [0.29, 0.717) is 43.0 Å². The maximum Gasteiger partial charge on any atom is 0.338 e. The van der Waals surface area contributed by atoms with Gasteiger partial charge in [-0.1, -0.05) is 70.9 Å². The standard InChI is InChI=1S/C30H23BrCl2N2O4S/c1-3-38-29(37)26-17(2)34-30-35(27(26)19-9-11-21(32)12-10-19)28(36)25(40-30)15-18-8-13-24(22(31)14-18)39-16-20-6-4-5-7-23(20)33/h4-15,27H,3,16H2,1-2H3/b25-15-/t27-/m1/s1. The lowest BCUT2D eigenvalue weighted by molar-refractivity contribution is -0.139. The van der Waals surface area contributed by atoms with Gasteiger partial charge in [-0.25, -0.2) is 9.79 Å². The SMILES string of the molecule is CCOC(=O)C1=C(C)N=c2s/c(=C\c3ccc(OCc4ccccc4Cl)c(Br)c3)c(=O)n2[C@@H]1c1ccc(Cl)cc1. The van der Waals surface area contributed by atoms with E-state index in [2.05, 4.69) is 20.9 Å². The Labute approximate surface area is 252 Å². The van der Waals surface area contributed by atoms with E-state index in [1.54, 1.807) is 48.8 Å². The molecule has 0 fully saturated rings. The second-order valence-electron chi connectivity index (χ2n) is 8.92. The summed E-state index contributed by atoms with van der Waals surface area (Å²) < 4.78 is 14.1. The van der Waals surface area contributed by atoms with Crippen LogP contribution in [0.1, 0.15) is 36.6 Å². The van der Waals surface area contributed by atoms with Gasteiger partial charge in [0.25, 0.3) is 5.56 Å². The Morgan fingerprint density at radius 3 is 2.58 bits per heavy atom. The van der Waals surface area contributed by atoms with Crippen molar-refractivity contribution in [3.63, 3.8) is 0 Å². The van der Waals surface area contributed by atoms with Crippen LogP contribution in [0.2, 0.25) is 10.0 Å². The monoisotopic (exact) mass is 656 g/mol. The van der Waals surface area contributed by atoms with Crippen molar-refractivity contribution >= 4 is 62.5 Å². The third-order valence-electron chi connectivity index (χ3n) is 6.30. The van der Waals surface area contributed by atoms with E-state index in [1.165, 1.54) is 11.3 Å². The van der Waals surface area contributed by atoms with Crippen LogP contribution in [0.5, 0.6) is 5.75 Å². The lowest BCUT2D eigenvalue weighted by atomic mass is 9.96. The highest BCUT2D eigenvalue weighted by atomic mass is 79.9. The summed E-state index contributed by atoms with van der Waals surface area (Å²) in [5.74, 6) is 0.144. The lowest BCUT2D eigenvalue weighted by Crippen LogP contribution is -2.39. The molecule has 0 saturated carbocycles. The summed E-state index contributed by atoms with van der Waals surface area (Å²) in [6.45, 7) is 4.03. The Bertz CT molecular complexity index is 1810. The minimum absolute atomic E-state index is 0.209. The molecule has 0 bridgehead atoms. The summed E-state index contributed by atoms with van der Waals surface area (Å²) >= 11 is 17.2. The van der Waals surface area contributed by atoms with Crippen LogP contribution in [0.15, 0.2) is 92.3 Å². The number of fused-ring (bicyclic) bond motifs is 1. The van der Waals surface area contributed by atoms with E-state index < -0.39 is 12.0 Å². The lowest BCUT2D eigenvalue weighted by Gasteiger charge is -2.24. The highest BCUT2D eigenvalue weighted by Gasteiger charge is 2.33. The molecule has 0 N–H and O–H groups in total. The third kappa shape index (κ3) is 5.81. The van der Waals surface area contributed by atoms with Gasteiger partial charge in [-0.05, 0) is 77.3 Å². The Hall–Kier alpha value is -3.17. The maximum atomic E-state index is 13.8. The van der Waals surface area contributed by atoms with Crippen LogP contribution in [0.3, 0.4) is 0 Å². The van der Waals surface area contributed by atoms with E-state index in [4.69, 9.17) is 32.7 Å². The first-order valence-corrected chi connectivity index (χ1v) is 14.7. The molecule has 1 atom stereocenters. The van der Waals surface area contributed by atoms with Gasteiger partial charge in [0, 0.05) is 15.6 Å². The van der Waals surface area contributed by atoms with Gasteiger partial charge in [-0.2, -0.15) is 0 Å². The molecule has 10 heteroatoms. The predicted molar refractivity (Wildman–Crippen MR) is 162 cm³/mol. The molecular weight excluding hydrogens is 635 g/mol. The minimum Gasteiger partial charge on any atom is -0.488 e. The largest absolute Gasteiger partial charge is 0.488 e. The molecule has 6 nitrogen and oxygen atoms in total. The van der Waals surface area contributed by atoms with Gasteiger partial charge in [0.2, 0.25) is 0 Å². The third-order valence-corrected chi connectivity index (χ3v) is 8.52. The molecule has 5 rings (SSSR count). The maximum absolute atomic E-state index is 13.8. The van der Waals surface area contributed by atoms with Crippen LogP contribution in [-0.2, 0) is 16.1 Å². The van der Waals surface area contributed by atoms with E-state index in [1.807, 2.05) is 42.5 Å². The van der Waals surface area contributed by atoms with Crippen molar-refractivity contribution in [3.8, 4) is 5.75 Å². The fourth-order valence-electron chi connectivity index (χ4n) is 4.40. The van der Waals surface area contributed by atoms with Crippen LogP contribution in [0.4, 0.5) is 0 Å². The normalized spacial score (nSPS) is 15.0. The van der Waals surface area contributed by atoms with E-state index in [9.17, 15) is 9.59 Å². The first-order valence-electron chi connectivity index (χ1n) is 12.4. The molecule has 1 aromatic heterocycles. The number of esters is 1. The molecule has 1 aliphatic heterocycles. The second kappa shape index (κ2) is 12.1. The quantitative estimate of drug-likeness (QED) is 0.214. The van der Waals surface area contributed by atoms with Gasteiger partial charge in [0.1, 0.15) is 12.4 Å². The topological polar surface area (TPSA) is 69.9 Å². The number of benzene rings is 3. The van der Waals surface area contributed by atoms with E-state index >= 15 is 0 Å². The second-order valence-corrected chi connectivity index (χ2v) is 11.6. The Morgan fingerprint density at radius 2 is 1.88 bits per heavy atom. The number of aromatic nitrogens is 1. The molecule has 0 amide bonds. The first kappa shape index (κ1) is 28.4. The van der Waals surface area contributed by atoms with Crippen molar-refractivity contribution in [2.24, 2.45) is 4.99 Å². The number of ether oxygens (including phenoxy) is 2. The highest BCUT2D eigenvalue weighted by Crippen LogP contribution is 2.32. The zero-order valence-corrected chi connectivity index (χ0v) is 25.4. The number of rotatable bonds is 7. The van der Waals surface area contributed by atoms with Crippen molar-refractivity contribution in [3.05, 3.63) is 129 Å². The Kier molecular flexibility index (Phi) is 8.61. The predicted octanol–water partition coefficient (Wildman–Crippen LogP) is 6.45. The smallest absolute Gasteiger partial charge is 0.338 e. The number of carbonyl (C=O) groups is 1. The molecule has 2 heterocycles. The molecule has 0 aliphatic carbocycles. The van der Waals surface area contributed by atoms with Crippen molar-refractivity contribution < 1.29 is 14.3 Å². The summed E-state index contributed by atoms with van der Waals surface area (Å²) in [7, 11) is 0. The van der Waals surface area contributed by atoms with Gasteiger partial charge in [0.15, 0.2) is 4.80 Å². The summed E-state index contributed by atoms with van der Waals surface area (Å²) in [4.78, 5) is 31.9. The van der Waals surface area contributed by atoms with Crippen molar-refractivity contribution in [1.29, 1.82) is 0 Å². The fourth-order valence-corrected chi connectivity index (χ4v) is 6.27. The molecule has 1 aliphatic rings. The highest BCUT2D eigenvalue weighted by molar-refractivity contribution is 9.10. The van der Waals surface area contributed by atoms with E-state index in [-0.39, 0.29) is 12.2 Å². The molecule has 40 heavy (non-hydrogen) atoms. The molecule has 0 saturated heterocycles. The van der Waals surface area contributed by atoms with Gasteiger partial charge in [-0.15, -0.1) is 0 Å². The summed E-state index contributed by atoms with van der Waals surface area (Å²) in [6.07, 6.45) is 1.80. The molecule has 4 aromatic rings. The number of thiazole rings is 1. The van der Waals surface area contributed by atoms with Crippen molar-refractivity contribution in [2.75, 3.05) is 6.61 Å². The number of nitrogens with zero attached hydrogens (tertiary/aromatic N) is 2.